The van der Waals surface area contributed by atoms with Gasteiger partial charge < -0.3 is 4.42 Å². The zero-order chi connectivity index (χ0) is 13.3. The van der Waals surface area contributed by atoms with Gasteiger partial charge in [-0.3, -0.25) is 10.1 Å². The first-order valence-electron chi connectivity index (χ1n) is 4.79. The molecule has 1 aromatic heterocycles. The van der Waals surface area contributed by atoms with Gasteiger partial charge in [0.05, 0.1) is 22.3 Å². The van der Waals surface area contributed by atoms with Gasteiger partial charge in [0.15, 0.2) is 0 Å². The number of nitrogens with zero attached hydrogens (tertiary/aromatic N) is 1. The quantitative estimate of drug-likeness (QED) is 0.606. The number of alkyl halides is 3. The molecule has 0 amide bonds. The van der Waals surface area contributed by atoms with E-state index < -0.39 is 22.4 Å². The van der Waals surface area contributed by atoms with Crippen molar-refractivity contribution in [3.8, 4) is 11.3 Å². The topological polar surface area (TPSA) is 56.3 Å². The van der Waals surface area contributed by atoms with Gasteiger partial charge >= 0.3 is 6.18 Å². The maximum absolute atomic E-state index is 12.5. The Hall–Kier alpha value is -2.31. The van der Waals surface area contributed by atoms with Gasteiger partial charge in [-0.25, -0.2) is 0 Å². The zero-order valence-corrected chi connectivity index (χ0v) is 8.77. The number of nitro groups is 1. The van der Waals surface area contributed by atoms with Crippen molar-refractivity contribution in [2.75, 3.05) is 0 Å². The minimum absolute atomic E-state index is 0.0120. The second kappa shape index (κ2) is 4.17. The molecule has 2 rings (SSSR count). The lowest BCUT2D eigenvalue weighted by molar-refractivity contribution is -0.384. The molecule has 0 aliphatic rings. The number of rotatable bonds is 2. The van der Waals surface area contributed by atoms with Crippen LogP contribution in [0.15, 0.2) is 41.0 Å². The van der Waals surface area contributed by atoms with Crippen molar-refractivity contribution < 1.29 is 22.5 Å². The van der Waals surface area contributed by atoms with Crippen molar-refractivity contribution in [3.05, 3.63) is 52.3 Å². The summed E-state index contributed by atoms with van der Waals surface area (Å²) >= 11 is 0. The second-order valence-electron chi connectivity index (χ2n) is 3.46. The minimum Gasteiger partial charge on any atom is -0.464 e. The van der Waals surface area contributed by atoms with Crippen LogP contribution in [0.25, 0.3) is 11.3 Å². The highest BCUT2D eigenvalue weighted by Gasteiger charge is 2.33. The Balaban J connectivity index is 2.59. The van der Waals surface area contributed by atoms with Crippen molar-refractivity contribution in [1.82, 2.24) is 0 Å². The van der Waals surface area contributed by atoms with Gasteiger partial charge in [-0.05, 0) is 24.3 Å². The van der Waals surface area contributed by atoms with Gasteiger partial charge in [-0.1, -0.05) is 0 Å². The molecule has 0 fully saturated rings. The number of hydrogen-bond acceptors (Lipinski definition) is 3. The van der Waals surface area contributed by atoms with Crippen LogP contribution >= 0.6 is 0 Å². The van der Waals surface area contributed by atoms with Crippen LogP contribution in [0, 0.1) is 10.1 Å². The van der Waals surface area contributed by atoms with Crippen molar-refractivity contribution in [2.24, 2.45) is 0 Å². The van der Waals surface area contributed by atoms with E-state index in [9.17, 15) is 23.3 Å². The first-order valence-corrected chi connectivity index (χ1v) is 4.79. The summed E-state index contributed by atoms with van der Waals surface area (Å²) in [5.41, 5.74) is -1.69. The Morgan fingerprint density at radius 1 is 1.22 bits per heavy atom. The number of benzene rings is 1. The largest absolute Gasteiger partial charge is 0.464 e. The van der Waals surface area contributed by atoms with Crippen molar-refractivity contribution in [2.45, 2.75) is 6.18 Å². The van der Waals surface area contributed by atoms with E-state index in [1.165, 1.54) is 18.4 Å². The summed E-state index contributed by atoms with van der Waals surface area (Å²) in [4.78, 5) is 9.92. The maximum atomic E-state index is 12.5. The van der Waals surface area contributed by atoms with Gasteiger partial charge in [0.25, 0.3) is 5.69 Å². The third-order valence-corrected chi connectivity index (χ3v) is 2.31. The van der Waals surface area contributed by atoms with Crippen LogP contribution in [0.2, 0.25) is 0 Å². The number of nitro benzene ring substituents is 1. The molecule has 94 valence electrons. The zero-order valence-electron chi connectivity index (χ0n) is 8.77. The Kier molecular flexibility index (Phi) is 2.82. The molecule has 1 aromatic carbocycles. The van der Waals surface area contributed by atoms with E-state index in [0.717, 1.165) is 12.1 Å². The highest BCUT2D eigenvalue weighted by molar-refractivity contribution is 5.70. The molecule has 0 atom stereocenters. The molecule has 0 N–H and O–H groups in total. The lowest BCUT2D eigenvalue weighted by Crippen LogP contribution is -2.05. The molecule has 1 heterocycles. The van der Waals surface area contributed by atoms with Crippen LogP contribution in [-0.2, 0) is 6.18 Å². The van der Waals surface area contributed by atoms with E-state index in [1.807, 2.05) is 0 Å². The van der Waals surface area contributed by atoms with E-state index in [0.29, 0.717) is 6.07 Å². The van der Waals surface area contributed by atoms with Crippen LogP contribution in [0.1, 0.15) is 5.56 Å². The molecule has 0 aliphatic carbocycles. The predicted octanol–water partition coefficient (Wildman–Crippen LogP) is 3.87. The van der Waals surface area contributed by atoms with Crippen molar-refractivity contribution >= 4 is 5.69 Å². The van der Waals surface area contributed by atoms with Gasteiger partial charge in [-0.15, -0.1) is 0 Å². The summed E-state index contributed by atoms with van der Waals surface area (Å²) in [6, 6.07) is 5.24. The second-order valence-corrected chi connectivity index (χ2v) is 3.46. The summed E-state index contributed by atoms with van der Waals surface area (Å²) in [6.45, 7) is 0. The predicted molar refractivity (Wildman–Crippen MR) is 55.8 cm³/mol. The van der Waals surface area contributed by atoms with Crippen LogP contribution in [0.4, 0.5) is 18.9 Å². The van der Waals surface area contributed by atoms with Crippen molar-refractivity contribution in [1.29, 1.82) is 0 Å². The van der Waals surface area contributed by atoms with E-state index in [-0.39, 0.29) is 11.3 Å². The molecule has 0 bridgehead atoms. The number of furan rings is 1. The first-order chi connectivity index (χ1) is 8.39. The normalized spacial score (nSPS) is 11.5. The standard InChI is InChI=1S/C11H6F3NO3/c12-11(13,14)7-3-4-8(9(6-7)15(16)17)10-2-1-5-18-10/h1-6H. The Bertz CT molecular complexity index is 576. The maximum Gasteiger partial charge on any atom is 0.416 e. The molecule has 18 heavy (non-hydrogen) atoms. The van der Waals surface area contributed by atoms with Gasteiger partial charge in [0.1, 0.15) is 5.76 Å². The summed E-state index contributed by atoms with van der Waals surface area (Å²) < 4.78 is 42.3. The third-order valence-electron chi connectivity index (χ3n) is 2.31. The van der Waals surface area contributed by atoms with Gasteiger partial charge in [0.2, 0.25) is 0 Å². The molecular weight excluding hydrogens is 251 g/mol. The molecule has 0 radical (unpaired) electrons. The molecule has 7 heteroatoms. The fraction of sp³-hybridized carbons (Fsp3) is 0.0909. The van der Waals surface area contributed by atoms with Crippen molar-refractivity contribution in [3.63, 3.8) is 0 Å². The number of halogens is 3. The highest BCUT2D eigenvalue weighted by atomic mass is 19.4. The molecule has 4 nitrogen and oxygen atoms in total. The van der Waals surface area contributed by atoms with Gasteiger partial charge in [0, 0.05) is 6.07 Å². The molecule has 0 aliphatic heterocycles. The molecule has 0 saturated carbocycles. The lowest BCUT2D eigenvalue weighted by atomic mass is 10.1. The van der Waals surface area contributed by atoms with Crippen LogP contribution in [0.3, 0.4) is 0 Å². The summed E-state index contributed by atoms with van der Waals surface area (Å²) in [5.74, 6) is 0.149. The van der Waals surface area contributed by atoms with E-state index in [2.05, 4.69) is 0 Å². The fourth-order valence-electron chi connectivity index (χ4n) is 1.50. The smallest absolute Gasteiger partial charge is 0.416 e. The molecular formula is C11H6F3NO3. The monoisotopic (exact) mass is 257 g/mol. The van der Waals surface area contributed by atoms with E-state index in [1.54, 1.807) is 0 Å². The lowest BCUT2D eigenvalue weighted by Gasteiger charge is -2.07. The summed E-state index contributed by atoms with van der Waals surface area (Å²) in [5, 5.41) is 10.8. The first kappa shape index (κ1) is 12.2. The number of hydrogen-bond donors (Lipinski definition) is 0. The van der Waals surface area contributed by atoms with E-state index >= 15 is 0 Å². The van der Waals surface area contributed by atoms with E-state index in [4.69, 9.17) is 4.42 Å². The van der Waals surface area contributed by atoms with Gasteiger partial charge in [-0.2, -0.15) is 13.2 Å². The minimum atomic E-state index is -4.62. The average Bonchev–Trinajstić information content (AvgIpc) is 2.80. The SMILES string of the molecule is O=[N+]([O-])c1cc(C(F)(F)F)ccc1-c1ccco1. The molecule has 0 unspecified atom stereocenters. The third kappa shape index (κ3) is 2.20. The molecule has 2 aromatic rings. The summed E-state index contributed by atoms with van der Waals surface area (Å²) in [7, 11) is 0. The highest BCUT2D eigenvalue weighted by Crippen LogP contribution is 2.36. The Labute approximate surface area is 98.8 Å². The Morgan fingerprint density at radius 2 is 1.94 bits per heavy atom. The fourth-order valence-corrected chi connectivity index (χ4v) is 1.50. The van der Waals surface area contributed by atoms with Crippen LogP contribution in [0.5, 0.6) is 0 Å². The van der Waals surface area contributed by atoms with Crippen LogP contribution in [-0.4, -0.2) is 4.92 Å². The average molecular weight is 257 g/mol. The summed E-state index contributed by atoms with van der Waals surface area (Å²) in [6.07, 6.45) is -3.33. The Morgan fingerprint density at radius 3 is 2.44 bits per heavy atom. The van der Waals surface area contributed by atoms with Crippen LogP contribution < -0.4 is 0 Å². The molecule has 0 saturated heterocycles. The molecule has 0 spiro atoms.